The third-order valence-electron chi connectivity index (χ3n) is 2.44. The van der Waals surface area contributed by atoms with E-state index in [-0.39, 0.29) is 11.9 Å². The number of amides is 1. The van der Waals surface area contributed by atoms with Gasteiger partial charge >= 0.3 is 0 Å². The van der Waals surface area contributed by atoms with Gasteiger partial charge in [-0.05, 0) is 12.0 Å². The molecule has 2 rings (SSSR count). The number of nitrogens with zero attached hydrogens (tertiary/aromatic N) is 2. The van der Waals surface area contributed by atoms with Crippen LogP contribution in [-0.4, -0.2) is 21.7 Å². The molecule has 0 spiro atoms. The second kappa shape index (κ2) is 2.87. The lowest BCUT2D eigenvalue weighted by molar-refractivity contribution is 0.0878. The molecule has 1 atom stereocenters. The normalized spacial score (nSPS) is 21.5. The van der Waals surface area contributed by atoms with E-state index < -0.39 is 0 Å². The largest absolute Gasteiger partial charge is 0.346 e. The number of rotatable bonds is 1. The van der Waals surface area contributed by atoms with Gasteiger partial charge in [0, 0.05) is 6.20 Å². The lowest BCUT2D eigenvalue weighted by atomic mass is 10.0. The zero-order valence-corrected chi connectivity index (χ0v) is 7.82. The Kier molecular flexibility index (Phi) is 1.83. The van der Waals surface area contributed by atoms with Crippen molar-refractivity contribution in [1.29, 1.82) is 0 Å². The van der Waals surface area contributed by atoms with E-state index in [2.05, 4.69) is 24.3 Å². The van der Waals surface area contributed by atoms with Gasteiger partial charge in [-0.3, -0.25) is 9.48 Å². The van der Waals surface area contributed by atoms with Gasteiger partial charge in [0.05, 0.1) is 12.6 Å². The fraction of sp³-hybridized carbons (Fsp3) is 0.556. The Morgan fingerprint density at radius 3 is 3.15 bits per heavy atom. The molecule has 0 saturated carbocycles. The third-order valence-corrected chi connectivity index (χ3v) is 2.44. The van der Waals surface area contributed by atoms with Crippen molar-refractivity contribution in [2.45, 2.75) is 26.4 Å². The second-order valence-corrected chi connectivity index (χ2v) is 3.72. The molecular formula is C9H13N3O. The molecule has 0 saturated heterocycles. The zero-order chi connectivity index (χ0) is 9.42. The number of carbonyl (C=O) groups is 1. The lowest BCUT2D eigenvalue weighted by Crippen LogP contribution is -2.47. The van der Waals surface area contributed by atoms with Crippen LogP contribution in [0.15, 0.2) is 12.3 Å². The van der Waals surface area contributed by atoms with E-state index in [1.165, 1.54) is 0 Å². The maximum Gasteiger partial charge on any atom is 0.269 e. The molecule has 4 heteroatoms. The Balaban J connectivity index is 2.29. The van der Waals surface area contributed by atoms with Crippen LogP contribution in [0.5, 0.6) is 0 Å². The topological polar surface area (TPSA) is 46.9 Å². The maximum atomic E-state index is 11.5. The Morgan fingerprint density at radius 1 is 1.69 bits per heavy atom. The van der Waals surface area contributed by atoms with Gasteiger partial charge in [0.25, 0.3) is 5.91 Å². The quantitative estimate of drug-likeness (QED) is 0.688. The standard InChI is InChI=1S/C9H13N3O/c1-6(2)7-5-12-8(3-4-10-12)9(13)11-7/h3-4,6-7H,5H2,1-2H3,(H,11,13). The minimum atomic E-state index is -0.0116. The first-order valence-electron chi connectivity index (χ1n) is 4.51. The summed E-state index contributed by atoms with van der Waals surface area (Å²) in [5, 5.41) is 7.05. The molecule has 4 nitrogen and oxygen atoms in total. The predicted molar refractivity (Wildman–Crippen MR) is 48.3 cm³/mol. The summed E-state index contributed by atoms with van der Waals surface area (Å²) in [5.74, 6) is 0.434. The highest BCUT2D eigenvalue weighted by atomic mass is 16.2. The van der Waals surface area contributed by atoms with Gasteiger partial charge in [-0.25, -0.2) is 0 Å². The van der Waals surface area contributed by atoms with Crippen molar-refractivity contribution in [1.82, 2.24) is 15.1 Å². The fourth-order valence-electron chi connectivity index (χ4n) is 1.52. The van der Waals surface area contributed by atoms with Crippen molar-refractivity contribution in [2.75, 3.05) is 0 Å². The average molecular weight is 179 g/mol. The predicted octanol–water partition coefficient (Wildman–Crippen LogP) is 0.651. The highest BCUT2D eigenvalue weighted by molar-refractivity contribution is 5.93. The zero-order valence-electron chi connectivity index (χ0n) is 7.82. The van der Waals surface area contributed by atoms with E-state index in [9.17, 15) is 4.79 Å². The van der Waals surface area contributed by atoms with Crippen LogP contribution >= 0.6 is 0 Å². The fourth-order valence-corrected chi connectivity index (χ4v) is 1.52. The monoisotopic (exact) mass is 179 g/mol. The molecular weight excluding hydrogens is 166 g/mol. The van der Waals surface area contributed by atoms with Crippen molar-refractivity contribution in [2.24, 2.45) is 5.92 Å². The van der Waals surface area contributed by atoms with E-state index in [0.29, 0.717) is 11.6 Å². The van der Waals surface area contributed by atoms with Gasteiger partial charge in [0.1, 0.15) is 5.69 Å². The molecule has 0 aromatic carbocycles. The molecule has 13 heavy (non-hydrogen) atoms. The van der Waals surface area contributed by atoms with Crippen LogP contribution in [0.25, 0.3) is 0 Å². The van der Waals surface area contributed by atoms with E-state index in [1.807, 2.05) is 0 Å². The van der Waals surface area contributed by atoms with Gasteiger partial charge in [-0.2, -0.15) is 5.10 Å². The van der Waals surface area contributed by atoms with Gasteiger partial charge in [-0.15, -0.1) is 0 Å². The van der Waals surface area contributed by atoms with Gasteiger partial charge in [-0.1, -0.05) is 13.8 Å². The van der Waals surface area contributed by atoms with Gasteiger partial charge in [0.2, 0.25) is 0 Å². The Bertz CT molecular complexity index is 329. The second-order valence-electron chi connectivity index (χ2n) is 3.72. The Morgan fingerprint density at radius 2 is 2.46 bits per heavy atom. The van der Waals surface area contributed by atoms with Crippen LogP contribution in [0, 0.1) is 5.92 Å². The molecule has 0 bridgehead atoms. The molecule has 1 unspecified atom stereocenters. The molecule has 0 radical (unpaired) electrons. The summed E-state index contributed by atoms with van der Waals surface area (Å²) in [7, 11) is 0. The molecule has 1 aliphatic rings. The summed E-state index contributed by atoms with van der Waals surface area (Å²) < 4.78 is 1.77. The summed E-state index contributed by atoms with van der Waals surface area (Å²) >= 11 is 0. The van der Waals surface area contributed by atoms with Gasteiger partial charge < -0.3 is 5.32 Å². The minimum absolute atomic E-state index is 0.0116. The molecule has 1 N–H and O–H groups in total. The van der Waals surface area contributed by atoms with Crippen LogP contribution < -0.4 is 5.32 Å². The molecule has 0 aliphatic carbocycles. The number of carbonyl (C=O) groups excluding carboxylic acids is 1. The summed E-state index contributed by atoms with van der Waals surface area (Å²) in [5.41, 5.74) is 0.664. The maximum absolute atomic E-state index is 11.5. The van der Waals surface area contributed by atoms with Crippen LogP contribution in [0.3, 0.4) is 0 Å². The average Bonchev–Trinajstić information content (AvgIpc) is 2.51. The molecule has 70 valence electrons. The van der Waals surface area contributed by atoms with Gasteiger partial charge in [0.15, 0.2) is 0 Å². The molecule has 1 amide bonds. The summed E-state index contributed by atoms with van der Waals surface area (Å²) in [4.78, 5) is 11.5. The van der Waals surface area contributed by atoms with E-state index in [0.717, 1.165) is 6.54 Å². The third kappa shape index (κ3) is 1.32. The molecule has 2 heterocycles. The SMILES string of the molecule is CC(C)C1Cn2nccc2C(=O)N1. The van der Waals surface area contributed by atoms with Crippen LogP contribution in [0.1, 0.15) is 24.3 Å². The molecule has 1 aromatic heterocycles. The first-order chi connectivity index (χ1) is 6.18. The summed E-state index contributed by atoms with van der Waals surface area (Å²) in [6.07, 6.45) is 1.66. The minimum Gasteiger partial charge on any atom is -0.346 e. The molecule has 0 fully saturated rings. The summed E-state index contributed by atoms with van der Waals surface area (Å²) in [6, 6.07) is 1.95. The van der Waals surface area contributed by atoms with E-state index >= 15 is 0 Å². The number of aromatic nitrogens is 2. The van der Waals surface area contributed by atoms with Crippen LogP contribution in [0.4, 0.5) is 0 Å². The first-order valence-corrected chi connectivity index (χ1v) is 4.51. The Hall–Kier alpha value is -1.32. The highest BCUT2D eigenvalue weighted by Crippen LogP contribution is 2.12. The number of hydrogen-bond acceptors (Lipinski definition) is 2. The number of nitrogens with one attached hydrogen (secondary N) is 1. The highest BCUT2D eigenvalue weighted by Gasteiger charge is 2.25. The van der Waals surface area contributed by atoms with E-state index in [4.69, 9.17) is 0 Å². The van der Waals surface area contributed by atoms with Crippen molar-refractivity contribution in [3.8, 4) is 0 Å². The number of hydrogen-bond donors (Lipinski definition) is 1. The van der Waals surface area contributed by atoms with Crippen molar-refractivity contribution in [3.05, 3.63) is 18.0 Å². The molecule has 1 aliphatic heterocycles. The Labute approximate surface area is 76.9 Å². The smallest absolute Gasteiger partial charge is 0.269 e. The number of fused-ring (bicyclic) bond motifs is 1. The molecule has 1 aromatic rings. The van der Waals surface area contributed by atoms with Crippen LogP contribution in [-0.2, 0) is 6.54 Å². The first kappa shape index (κ1) is 8.29. The lowest BCUT2D eigenvalue weighted by Gasteiger charge is -2.27. The van der Waals surface area contributed by atoms with E-state index in [1.54, 1.807) is 16.9 Å². The van der Waals surface area contributed by atoms with Crippen molar-refractivity contribution < 1.29 is 4.79 Å². The van der Waals surface area contributed by atoms with Crippen LogP contribution in [0.2, 0.25) is 0 Å². The van der Waals surface area contributed by atoms with Crippen molar-refractivity contribution >= 4 is 5.91 Å². The summed E-state index contributed by atoms with van der Waals surface area (Å²) in [6.45, 7) is 4.98. The van der Waals surface area contributed by atoms with Crippen molar-refractivity contribution in [3.63, 3.8) is 0 Å².